The third-order valence-electron chi connectivity index (χ3n) is 2.46. The number of ether oxygens (including phenoxy) is 1. The number of carbonyl (C=O) groups is 1. The molecule has 2 aromatic rings. The molecule has 0 fully saturated rings. The van der Waals surface area contributed by atoms with Gasteiger partial charge in [-0.05, 0) is 43.3 Å². The van der Waals surface area contributed by atoms with Crippen molar-refractivity contribution in [3.8, 4) is 5.75 Å². The van der Waals surface area contributed by atoms with Gasteiger partial charge in [0.15, 0.2) is 6.61 Å². The van der Waals surface area contributed by atoms with E-state index in [1.54, 1.807) is 37.3 Å². The second-order valence-electron chi connectivity index (χ2n) is 4.08. The van der Waals surface area contributed by atoms with Crippen LogP contribution in [0.3, 0.4) is 0 Å². The maximum atomic E-state index is 11.6. The highest BCUT2D eigenvalue weighted by Gasteiger charge is 2.04. The van der Waals surface area contributed by atoms with Crippen molar-refractivity contribution in [3.63, 3.8) is 0 Å². The molecule has 7 heteroatoms. The molecule has 0 aliphatic heterocycles. The Morgan fingerprint density at radius 3 is 2.57 bits per heavy atom. The van der Waals surface area contributed by atoms with Crippen molar-refractivity contribution in [2.75, 3.05) is 6.61 Å². The summed E-state index contributed by atoms with van der Waals surface area (Å²) in [5, 5.41) is 4.61. The summed E-state index contributed by atoms with van der Waals surface area (Å²) in [6, 6.07) is 10.4. The lowest BCUT2D eigenvalue weighted by Crippen LogP contribution is -2.25. The molecule has 1 N–H and O–H groups in total. The third kappa shape index (κ3) is 5.04. The predicted molar refractivity (Wildman–Crippen MR) is 86.6 cm³/mol. The first-order valence-electron chi connectivity index (χ1n) is 6.02. The number of hydrazone groups is 1. The van der Waals surface area contributed by atoms with Crippen LogP contribution in [0.4, 0.5) is 0 Å². The smallest absolute Gasteiger partial charge is 0.277 e. The Hall–Kier alpha value is -1.56. The maximum Gasteiger partial charge on any atom is 0.277 e. The van der Waals surface area contributed by atoms with Crippen LogP contribution in [0.25, 0.3) is 0 Å². The van der Waals surface area contributed by atoms with Gasteiger partial charge in [-0.1, -0.05) is 23.2 Å². The summed E-state index contributed by atoms with van der Waals surface area (Å²) in [6.45, 7) is 1.67. The first-order chi connectivity index (χ1) is 10.0. The second kappa shape index (κ2) is 7.45. The Morgan fingerprint density at radius 2 is 1.95 bits per heavy atom. The van der Waals surface area contributed by atoms with E-state index in [1.165, 1.54) is 11.3 Å². The number of rotatable bonds is 5. The first-order valence-corrected chi connectivity index (χ1v) is 7.59. The van der Waals surface area contributed by atoms with Gasteiger partial charge in [-0.2, -0.15) is 5.10 Å². The zero-order valence-electron chi connectivity index (χ0n) is 11.1. The number of hydrogen-bond acceptors (Lipinski definition) is 4. The lowest BCUT2D eigenvalue weighted by atomic mass is 10.3. The fourth-order valence-corrected chi connectivity index (χ4v) is 2.54. The molecular weight excluding hydrogens is 331 g/mol. The lowest BCUT2D eigenvalue weighted by molar-refractivity contribution is -0.123. The highest BCUT2D eigenvalue weighted by molar-refractivity contribution is 7.18. The largest absolute Gasteiger partial charge is 0.484 e. The Labute approximate surface area is 136 Å². The van der Waals surface area contributed by atoms with Gasteiger partial charge in [0.2, 0.25) is 0 Å². The molecule has 2 rings (SSSR count). The van der Waals surface area contributed by atoms with E-state index in [0.29, 0.717) is 20.8 Å². The highest BCUT2D eigenvalue weighted by atomic mass is 35.5. The van der Waals surface area contributed by atoms with Crippen molar-refractivity contribution in [3.05, 3.63) is 50.6 Å². The first kappa shape index (κ1) is 15.8. The number of halogens is 2. The Kier molecular flexibility index (Phi) is 5.61. The molecule has 0 saturated heterocycles. The van der Waals surface area contributed by atoms with Crippen LogP contribution in [0.5, 0.6) is 5.75 Å². The van der Waals surface area contributed by atoms with Crippen LogP contribution < -0.4 is 10.2 Å². The number of thiophene rings is 1. The number of nitrogens with one attached hydrogen (secondary N) is 1. The molecule has 1 aromatic carbocycles. The van der Waals surface area contributed by atoms with Crippen LogP contribution in [-0.2, 0) is 4.79 Å². The molecule has 1 amide bonds. The van der Waals surface area contributed by atoms with Gasteiger partial charge < -0.3 is 4.74 Å². The molecule has 0 atom stereocenters. The monoisotopic (exact) mass is 342 g/mol. The van der Waals surface area contributed by atoms with Gasteiger partial charge >= 0.3 is 0 Å². The normalized spacial score (nSPS) is 11.3. The Balaban J connectivity index is 1.83. The van der Waals surface area contributed by atoms with E-state index < -0.39 is 0 Å². The lowest BCUT2D eigenvalue weighted by Gasteiger charge is -2.05. The summed E-state index contributed by atoms with van der Waals surface area (Å²) in [7, 11) is 0. The summed E-state index contributed by atoms with van der Waals surface area (Å²) in [5.74, 6) is 0.229. The average Bonchev–Trinajstić information content (AvgIpc) is 2.91. The Morgan fingerprint density at radius 1 is 1.24 bits per heavy atom. The molecule has 1 heterocycles. The minimum atomic E-state index is -0.341. The number of nitrogens with zero attached hydrogens (tertiary/aromatic N) is 1. The highest BCUT2D eigenvalue weighted by Crippen LogP contribution is 2.21. The summed E-state index contributed by atoms with van der Waals surface area (Å²) < 4.78 is 5.98. The summed E-state index contributed by atoms with van der Waals surface area (Å²) in [4.78, 5) is 12.5. The van der Waals surface area contributed by atoms with Crippen LogP contribution in [0.2, 0.25) is 9.36 Å². The van der Waals surface area contributed by atoms with E-state index in [1.807, 2.05) is 6.07 Å². The van der Waals surface area contributed by atoms with Crippen molar-refractivity contribution < 1.29 is 9.53 Å². The summed E-state index contributed by atoms with van der Waals surface area (Å²) >= 11 is 13.0. The van der Waals surface area contributed by atoms with Crippen LogP contribution in [-0.4, -0.2) is 18.2 Å². The predicted octanol–water partition coefficient (Wildman–Crippen LogP) is 3.97. The van der Waals surface area contributed by atoms with Gasteiger partial charge in [0.1, 0.15) is 5.75 Å². The summed E-state index contributed by atoms with van der Waals surface area (Å²) in [5.41, 5.74) is 3.12. The van der Waals surface area contributed by atoms with Gasteiger partial charge in [0.25, 0.3) is 5.91 Å². The fourth-order valence-electron chi connectivity index (χ4n) is 1.42. The van der Waals surface area contributed by atoms with Gasteiger partial charge in [0.05, 0.1) is 14.9 Å². The molecule has 0 aliphatic rings. The molecular formula is C14H12Cl2N2O2S. The van der Waals surface area contributed by atoms with Gasteiger partial charge in [0, 0.05) is 5.02 Å². The van der Waals surface area contributed by atoms with Crippen molar-refractivity contribution in [2.45, 2.75) is 6.92 Å². The van der Waals surface area contributed by atoms with Crippen molar-refractivity contribution in [2.24, 2.45) is 5.10 Å². The van der Waals surface area contributed by atoms with Crippen molar-refractivity contribution >= 4 is 46.2 Å². The zero-order valence-corrected chi connectivity index (χ0v) is 13.4. The second-order valence-corrected chi connectivity index (χ2v) is 6.23. The molecule has 0 aliphatic carbocycles. The van der Waals surface area contributed by atoms with E-state index in [2.05, 4.69) is 10.5 Å². The number of hydrogen-bond donors (Lipinski definition) is 1. The van der Waals surface area contributed by atoms with Gasteiger partial charge in [-0.3, -0.25) is 4.79 Å². The van der Waals surface area contributed by atoms with E-state index in [0.717, 1.165) is 4.88 Å². The number of benzene rings is 1. The molecule has 0 saturated carbocycles. The van der Waals surface area contributed by atoms with Crippen LogP contribution in [0.15, 0.2) is 41.5 Å². The molecule has 0 bridgehead atoms. The third-order valence-corrected chi connectivity index (χ3v) is 4.05. The molecule has 21 heavy (non-hydrogen) atoms. The molecule has 4 nitrogen and oxygen atoms in total. The molecule has 0 unspecified atom stereocenters. The van der Waals surface area contributed by atoms with Crippen LogP contribution in [0.1, 0.15) is 11.8 Å². The molecule has 110 valence electrons. The Bertz CT molecular complexity index is 653. The van der Waals surface area contributed by atoms with Gasteiger partial charge in [-0.15, -0.1) is 11.3 Å². The minimum Gasteiger partial charge on any atom is -0.484 e. The quantitative estimate of drug-likeness (QED) is 0.660. The van der Waals surface area contributed by atoms with Crippen LogP contribution >= 0.6 is 34.5 Å². The molecule has 0 radical (unpaired) electrons. The summed E-state index contributed by atoms with van der Waals surface area (Å²) in [6.07, 6.45) is 0. The standard InChI is InChI=1S/C14H12Cl2N2O2S/c1-9(12-6-7-13(16)21-12)17-18-14(19)8-20-11-4-2-10(15)3-5-11/h2-7H,8H2,1H3,(H,18,19)/b17-9-. The molecule has 0 spiro atoms. The van der Waals surface area contributed by atoms with E-state index in [9.17, 15) is 4.79 Å². The zero-order chi connectivity index (χ0) is 15.2. The maximum absolute atomic E-state index is 11.6. The topological polar surface area (TPSA) is 50.7 Å². The van der Waals surface area contributed by atoms with E-state index in [4.69, 9.17) is 27.9 Å². The average molecular weight is 343 g/mol. The van der Waals surface area contributed by atoms with Gasteiger partial charge in [-0.25, -0.2) is 5.43 Å². The SMILES string of the molecule is C/C(=N/NC(=O)COc1ccc(Cl)cc1)c1ccc(Cl)s1. The van der Waals surface area contributed by atoms with E-state index >= 15 is 0 Å². The number of carbonyl (C=O) groups excluding carboxylic acids is 1. The minimum absolute atomic E-state index is 0.121. The number of amides is 1. The van der Waals surface area contributed by atoms with Crippen molar-refractivity contribution in [1.82, 2.24) is 5.43 Å². The van der Waals surface area contributed by atoms with E-state index in [-0.39, 0.29) is 12.5 Å². The van der Waals surface area contributed by atoms with Crippen LogP contribution in [0, 0.1) is 0 Å². The van der Waals surface area contributed by atoms with Crippen molar-refractivity contribution in [1.29, 1.82) is 0 Å². The fraction of sp³-hybridized carbons (Fsp3) is 0.143. The molecule has 1 aromatic heterocycles.